The molecule has 0 aliphatic rings. The maximum absolute atomic E-state index is 12.3. The summed E-state index contributed by atoms with van der Waals surface area (Å²) in [6.45, 7) is -0.351. The third-order valence-electron chi connectivity index (χ3n) is 3.77. The molecular weight excluding hydrogens is 436 g/mol. The molecule has 0 spiro atoms. The Morgan fingerprint density at radius 1 is 1.13 bits per heavy atom. The largest absolute Gasteiger partial charge is 0.507 e. The van der Waals surface area contributed by atoms with E-state index in [0.29, 0.717) is 0 Å². The molecule has 1 aromatic carbocycles. The van der Waals surface area contributed by atoms with Crippen LogP contribution < -0.4 is 10.0 Å². The number of nitrogens with one attached hydrogen (secondary N) is 2. The minimum absolute atomic E-state index is 0.106. The van der Waals surface area contributed by atoms with Crippen LogP contribution in [0, 0.1) is 0 Å². The fraction of sp³-hybridized carbons (Fsp3) is 0.176. The molecule has 0 fully saturated rings. The molecule has 1 aromatic heterocycles. The van der Waals surface area contributed by atoms with Crippen molar-refractivity contribution in [3.05, 3.63) is 47.5 Å². The van der Waals surface area contributed by atoms with E-state index in [1.807, 2.05) is 0 Å². The van der Waals surface area contributed by atoms with Crippen LogP contribution in [-0.2, 0) is 26.2 Å². The van der Waals surface area contributed by atoms with E-state index in [0.717, 1.165) is 30.6 Å². The van der Waals surface area contributed by atoms with Gasteiger partial charge in [0.25, 0.3) is 5.91 Å². The Morgan fingerprint density at radius 2 is 1.84 bits per heavy atom. The van der Waals surface area contributed by atoms with E-state index < -0.39 is 56.5 Å². The number of carboxylic acid groups (broad SMARTS) is 2. The molecule has 5 N–H and O–H groups in total. The van der Waals surface area contributed by atoms with Crippen LogP contribution in [0.3, 0.4) is 0 Å². The van der Waals surface area contributed by atoms with Gasteiger partial charge in [-0.3, -0.25) is 14.6 Å². The summed E-state index contributed by atoms with van der Waals surface area (Å²) >= 11 is 0. The molecule has 1 atom stereocenters. The molecule has 31 heavy (non-hydrogen) atoms. The molecule has 164 valence electrons. The van der Waals surface area contributed by atoms with Crippen molar-refractivity contribution in [1.29, 1.82) is 0 Å². The van der Waals surface area contributed by atoms with Crippen LogP contribution in [0.25, 0.3) is 0 Å². The summed E-state index contributed by atoms with van der Waals surface area (Å²) in [4.78, 5) is 51.7. The number of aromatic nitrogens is 2. The number of aldehydes is 1. The molecule has 0 unspecified atom stereocenters. The first-order valence-corrected chi connectivity index (χ1v) is 9.86. The Labute approximate surface area is 174 Å². The van der Waals surface area contributed by atoms with Crippen molar-refractivity contribution >= 4 is 34.2 Å². The summed E-state index contributed by atoms with van der Waals surface area (Å²) in [5, 5.41) is 29.3. The van der Waals surface area contributed by atoms with E-state index in [1.165, 1.54) is 0 Å². The van der Waals surface area contributed by atoms with Crippen LogP contribution in [0.2, 0.25) is 0 Å². The van der Waals surface area contributed by atoms with Gasteiger partial charge in [0.1, 0.15) is 23.3 Å². The van der Waals surface area contributed by atoms with Gasteiger partial charge < -0.3 is 25.4 Å². The molecule has 0 aliphatic carbocycles. The fourth-order valence-corrected chi connectivity index (χ4v) is 3.26. The van der Waals surface area contributed by atoms with E-state index in [-0.39, 0.29) is 24.2 Å². The molecule has 0 saturated heterocycles. The topological polar surface area (TPSA) is 213 Å². The molecule has 0 bridgehead atoms. The second-order valence-electron chi connectivity index (χ2n) is 6.02. The van der Waals surface area contributed by atoms with Crippen LogP contribution >= 0.6 is 0 Å². The molecular formula is C17H16N4O9S. The zero-order valence-electron chi connectivity index (χ0n) is 15.5. The van der Waals surface area contributed by atoms with Crippen LogP contribution in [-0.4, -0.2) is 63.9 Å². The van der Waals surface area contributed by atoms with Gasteiger partial charge in [-0.15, -0.1) is 0 Å². The summed E-state index contributed by atoms with van der Waals surface area (Å²) in [5.41, 5.74) is -0.710. The molecule has 14 heteroatoms. The number of carbonyl (C=O) groups excluding carboxylic acids is 2. The third-order valence-corrected chi connectivity index (χ3v) is 5.16. The summed E-state index contributed by atoms with van der Waals surface area (Å²) < 4.78 is 26.8. The van der Waals surface area contributed by atoms with Crippen molar-refractivity contribution in [2.75, 3.05) is 0 Å². The number of aromatic hydroxyl groups is 1. The Morgan fingerprint density at radius 3 is 2.39 bits per heavy atom. The minimum Gasteiger partial charge on any atom is -0.507 e. The highest BCUT2D eigenvalue weighted by atomic mass is 32.2. The van der Waals surface area contributed by atoms with Crippen molar-refractivity contribution in [2.24, 2.45) is 0 Å². The molecule has 0 saturated carbocycles. The summed E-state index contributed by atoms with van der Waals surface area (Å²) in [6.07, 6.45) is 1.75. The monoisotopic (exact) mass is 452 g/mol. The highest BCUT2D eigenvalue weighted by molar-refractivity contribution is 7.89. The van der Waals surface area contributed by atoms with Crippen molar-refractivity contribution in [1.82, 2.24) is 20.0 Å². The number of carboxylic acids is 2. The first-order valence-electron chi connectivity index (χ1n) is 8.38. The first-order chi connectivity index (χ1) is 14.5. The van der Waals surface area contributed by atoms with Gasteiger partial charge in [-0.25, -0.2) is 22.9 Å². The summed E-state index contributed by atoms with van der Waals surface area (Å²) in [7, 11) is -4.15. The van der Waals surface area contributed by atoms with Gasteiger partial charge in [0, 0.05) is 0 Å². The molecule has 2 rings (SSSR count). The van der Waals surface area contributed by atoms with Gasteiger partial charge >= 0.3 is 11.9 Å². The minimum atomic E-state index is -4.15. The number of benzene rings is 1. The van der Waals surface area contributed by atoms with Crippen molar-refractivity contribution < 1.29 is 42.9 Å². The normalized spacial score (nSPS) is 12.0. The number of rotatable bonds is 10. The molecule has 1 amide bonds. The van der Waals surface area contributed by atoms with E-state index >= 15 is 0 Å². The molecule has 0 radical (unpaired) electrons. The predicted octanol–water partition coefficient (Wildman–Crippen LogP) is -0.869. The molecule has 2 aromatic rings. The lowest BCUT2D eigenvalue weighted by Crippen LogP contribution is -2.38. The Balaban J connectivity index is 2.05. The SMILES string of the molecule is O=C[C@@H](CC(=O)O)NC(=O)c1cnc(CNS(=O)(=O)c2ccc(O)c(C(=O)O)c2)cn1. The van der Waals surface area contributed by atoms with Crippen LogP contribution in [0.4, 0.5) is 0 Å². The number of hydrogen-bond donors (Lipinski definition) is 5. The number of sulfonamides is 1. The average molecular weight is 452 g/mol. The second kappa shape index (κ2) is 9.73. The number of aromatic carboxylic acids is 1. The van der Waals surface area contributed by atoms with Gasteiger partial charge in [-0.1, -0.05) is 0 Å². The van der Waals surface area contributed by atoms with Gasteiger partial charge in [0.2, 0.25) is 10.0 Å². The maximum Gasteiger partial charge on any atom is 0.339 e. The quantitative estimate of drug-likeness (QED) is 0.279. The fourth-order valence-electron chi connectivity index (χ4n) is 2.23. The molecule has 13 nitrogen and oxygen atoms in total. The number of amides is 1. The number of phenols is 1. The maximum atomic E-state index is 12.3. The Kier molecular flexibility index (Phi) is 7.33. The van der Waals surface area contributed by atoms with Crippen molar-refractivity contribution in [3.8, 4) is 5.75 Å². The highest BCUT2D eigenvalue weighted by Gasteiger charge is 2.20. The van der Waals surface area contributed by atoms with Gasteiger partial charge in [0.05, 0.1) is 42.0 Å². The zero-order chi connectivity index (χ0) is 23.2. The van der Waals surface area contributed by atoms with Crippen molar-refractivity contribution in [2.45, 2.75) is 23.9 Å². The lowest BCUT2D eigenvalue weighted by molar-refractivity contribution is -0.138. The second-order valence-corrected chi connectivity index (χ2v) is 7.78. The van der Waals surface area contributed by atoms with Gasteiger partial charge in [-0.05, 0) is 18.2 Å². The first kappa shape index (κ1) is 23.4. The molecule has 1 heterocycles. The Bertz CT molecular complexity index is 1120. The van der Waals surface area contributed by atoms with E-state index in [2.05, 4.69) is 20.0 Å². The number of carbonyl (C=O) groups is 4. The van der Waals surface area contributed by atoms with Gasteiger partial charge in [-0.2, -0.15) is 0 Å². The van der Waals surface area contributed by atoms with E-state index in [9.17, 15) is 32.7 Å². The van der Waals surface area contributed by atoms with Crippen LogP contribution in [0.15, 0.2) is 35.5 Å². The summed E-state index contributed by atoms with van der Waals surface area (Å²) in [6, 6.07) is 1.49. The number of nitrogens with zero attached hydrogens (tertiary/aromatic N) is 2. The van der Waals surface area contributed by atoms with Crippen LogP contribution in [0.5, 0.6) is 5.75 Å². The third kappa shape index (κ3) is 6.28. The van der Waals surface area contributed by atoms with Crippen LogP contribution in [0.1, 0.15) is 33.0 Å². The number of hydrogen-bond acceptors (Lipinski definition) is 9. The summed E-state index contributed by atoms with van der Waals surface area (Å²) in [5.74, 6) is -4.22. The standard InChI is InChI=1S/C17H16N4O9S/c22-8-9(3-15(24)25)21-16(26)13-7-18-10(5-19-13)6-20-31(29,30)11-1-2-14(23)12(4-11)17(27)28/h1-2,4-5,7-9,20,23H,3,6H2,(H,21,26)(H,24,25)(H,27,28)/t9-/m1/s1. The lowest BCUT2D eigenvalue weighted by Gasteiger charge is -2.10. The van der Waals surface area contributed by atoms with Crippen molar-refractivity contribution in [3.63, 3.8) is 0 Å². The number of aliphatic carboxylic acids is 1. The van der Waals surface area contributed by atoms with Gasteiger partial charge in [0.15, 0.2) is 0 Å². The smallest absolute Gasteiger partial charge is 0.339 e. The average Bonchev–Trinajstić information content (AvgIpc) is 2.71. The van der Waals surface area contributed by atoms with E-state index in [4.69, 9.17) is 10.2 Å². The zero-order valence-corrected chi connectivity index (χ0v) is 16.4. The predicted molar refractivity (Wildman–Crippen MR) is 101 cm³/mol. The molecule has 0 aliphatic heterocycles. The lowest BCUT2D eigenvalue weighted by atomic mass is 10.2. The Hall–Kier alpha value is -3.91. The van der Waals surface area contributed by atoms with E-state index in [1.54, 1.807) is 0 Å². The highest BCUT2D eigenvalue weighted by Crippen LogP contribution is 2.21.